The van der Waals surface area contributed by atoms with Gasteiger partial charge in [0.05, 0.1) is 0 Å². The monoisotopic (exact) mass is 163 g/mol. The highest BCUT2D eigenvalue weighted by Crippen LogP contribution is 2.18. The molecule has 0 saturated heterocycles. The molecule has 0 spiro atoms. The first-order chi connectivity index (χ1) is 5.88. The Balaban J connectivity index is 2.79. The molecule has 0 aliphatic heterocycles. The first-order valence-corrected chi connectivity index (χ1v) is 3.69. The lowest BCUT2D eigenvalue weighted by Gasteiger charge is -2.03. The highest BCUT2D eigenvalue weighted by atomic mass is 16.3. The van der Waals surface area contributed by atoms with E-state index in [1.807, 2.05) is 18.2 Å². The molecule has 0 fully saturated rings. The van der Waals surface area contributed by atoms with Crippen molar-refractivity contribution in [2.45, 2.75) is 12.5 Å². The lowest BCUT2D eigenvalue weighted by Crippen LogP contribution is -1.94. The van der Waals surface area contributed by atoms with Gasteiger partial charge in [0.25, 0.3) is 0 Å². The Kier molecular flexibility index (Phi) is 3.14. The number of hydrogen-bond acceptors (Lipinski definition) is 3. The van der Waals surface area contributed by atoms with Gasteiger partial charge < -0.3 is 4.79 Å². The first kappa shape index (κ1) is 8.59. The Morgan fingerprint density at radius 3 is 2.50 bits per heavy atom. The van der Waals surface area contributed by atoms with E-state index < -0.39 is 6.04 Å². The fraction of sp³-hybridized carbons (Fsp3) is 0.222. The van der Waals surface area contributed by atoms with Crippen LogP contribution in [-0.2, 0) is 4.79 Å². The third-order valence-electron chi connectivity index (χ3n) is 1.63. The molecular weight excluding hydrogens is 154 g/mol. The summed E-state index contributed by atoms with van der Waals surface area (Å²) in [6, 6.07) is 8.54. The lowest BCUT2D eigenvalue weighted by atomic mass is 10.1. The van der Waals surface area contributed by atoms with Crippen molar-refractivity contribution in [1.29, 1.82) is 0 Å². The van der Waals surface area contributed by atoms with E-state index in [2.05, 4.69) is 5.18 Å². The van der Waals surface area contributed by atoms with Crippen LogP contribution >= 0.6 is 0 Å². The minimum atomic E-state index is -0.524. The van der Waals surface area contributed by atoms with Crippen molar-refractivity contribution in [3.63, 3.8) is 0 Å². The minimum Gasteiger partial charge on any atom is -0.303 e. The van der Waals surface area contributed by atoms with Crippen LogP contribution in [0.5, 0.6) is 0 Å². The average molecular weight is 163 g/mol. The van der Waals surface area contributed by atoms with E-state index in [1.165, 1.54) is 0 Å². The molecule has 3 heteroatoms. The van der Waals surface area contributed by atoms with E-state index in [4.69, 9.17) is 0 Å². The van der Waals surface area contributed by atoms with Crippen molar-refractivity contribution >= 4 is 6.29 Å². The van der Waals surface area contributed by atoms with Crippen LogP contribution in [0.3, 0.4) is 0 Å². The fourth-order valence-corrected chi connectivity index (χ4v) is 1.01. The molecule has 3 nitrogen and oxygen atoms in total. The second-order valence-electron chi connectivity index (χ2n) is 2.43. The molecule has 0 aliphatic carbocycles. The highest BCUT2D eigenvalue weighted by molar-refractivity contribution is 5.51. The predicted molar refractivity (Wildman–Crippen MR) is 45.7 cm³/mol. The summed E-state index contributed by atoms with van der Waals surface area (Å²) in [5.41, 5.74) is 0.791. The van der Waals surface area contributed by atoms with E-state index in [0.717, 1.165) is 5.56 Å². The maximum atomic E-state index is 10.3. The quantitative estimate of drug-likeness (QED) is 0.504. The molecule has 1 unspecified atom stereocenters. The zero-order valence-corrected chi connectivity index (χ0v) is 6.51. The second kappa shape index (κ2) is 4.38. The summed E-state index contributed by atoms with van der Waals surface area (Å²) in [6.07, 6.45) is 0.868. The molecule has 1 aromatic rings. The van der Waals surface area contributed by atoms with Gasteiger partial charge in [0.15, 0.2) is 0 Å². The second-order valence-corrected chi connectivity index (χ2v) is 2.43. The highest BCUT2D eigenvalue weighted by Gasteiger charge is 2.09. The molecule has 1 rings (SSSR count). The van der Waals surface area contributed by atoms with Gasteiger partial charge in [0.1, 0.15) is 12.3 Å². The van der Waals surface area contributed by atoms with Crippen LogP contribution in [-0.4, -0.2) is 6.29 Å². The number of benzene rings is 1. The van der Waals surface area contributed by atoms with Crippen molar-refractivity contribution in [3.8, 4) is 0 Å². The molecule has 0 bridgehead atoms. The Morgan fingerprint density at radius 2 is 2.00 bits per heavy atom. The number of hydrogen-bond donors (Lipinski definition) is 0. The van der Waals surface area contributed by atoms with Gasteiger partial charge in [0, 0.05) is 6.42 Å². The van der Waals surface area contributed by atoms with Gasteiger partial charge in [-0.15, -0.1) is 0 Å². The Hall–Kier alpha value is -1.51. The van der Waals surface area contributed by atoms with Crippen molar-refractivity contribution < 1.29 is 4.79 Å². The summed E-state index contributed by atoms with van der Waals surface area (Å²) in [4.78, 5) is 20.4. The van der Waals surface area contributed by atoms with Crippen LogP contribution in [0.2, 0.25) is 0 Å². The van der Waals surface area contributed by atoms with Gasteiger partial charge >= 0.3 is 0 Å². The van der Waals surface area contributed by atoms with Crippen LogP contribution in [0, 0.1) is 4.91 Å². The zero-order valence-electron chi connectivity index (χ0n) is 6.51. The number of aldehydes is 1. The summed E-state index contributed by atoms with van der Waals surface area (Å²) in [6.45, 7) is 0. The van der Waals surface area contributed by atoms with Crippen LogP contribution in [0.1, 0.15) is 18.0 Å². The van der Waals surface area contributed by atoms with Crippen LogP contribution in [0.4, 0.5) is 0 Å². The summed E-state index contributed by atoms with van der Waals surface area (Å²) < 4.78 is 0. The molecule has 0 amide bonds. The summed E-state index contributed by atoms with van der Waals surface area (Å²) in [5, 5.41) is 2.87. The number of carbonyl (C=O) groups is 1. The third-order valence-corrected chi connectivity index (χ3v) is 1.63. The maximum absolute atomic E-state index is 10.3. The largest absolute Gasteiger partial charge is 0.303 e. The molecule has 0 aliphatic rings. The van der Waals surface area contributed by atoms with E-state index in [-0.39, 0.29) is 6.42 Å². The fourth-order valence-electron chi connectivity index (χ4n) is 1.01. The molecular formula is C9H9NO2. The first-order valence-electron chi connectivity index (χ1n) is 3.69. The molecule has 0 N–H and O–H groups in total. The van der Waals surface area contributed by atoms with E-state index in [1.54, 1.807) is 12.1 Å². The molecule has 0 saturated carbocycles. The Labute approximate surface area is 70.4 Å². The van der Waals surface area contributed by atoms with E-state index >= 15 is 0 Å². The predicted octanol–water partition coefficient (Wildman–Crippen LogP) is 2.08. The van der Waals surface area contributed by atoms with Crippen molar-refractivity contribution in [2.24, 2.45) is 5.18 Å². The SMILES string of the molecule is O=CCC(N=O)c1ccccc1. The van der Waals surface area contributed by atoms with Crippen molar-refractivity contribution in [1.82, 2.24) is 0 Å². The minimum absolute atomic E-state index is 0.160. The van der Waals surface area contributed by atoms with Gasteiger partial charge in [-0.05, 0) is 5.56 Å². The summed E-state index contributed by atoms with van der Waals surface area (Å²) >= 11 is 0. The zero-order chi connectivity index (χ0) is 8.81. The molecule has 0 aromatic heterocycles. The van der Waals surface area contributed by atoms with Crippen LogP contribution in [0.15, 0.2) is 35.5 Å². The standard InChI is InChI=1S/C9H9NO2/c11-7-6-9(10-12)8-4-2-1-3-5-8/h1-5,7,9H,6H2. The van der Waals surface area contributed by atoms with Crippen molar-refractivity contribution in [2.75, 3.05) is 0 Å². The van der Waals surface area contributed by atoms with Crippen molar-refractivity contribution in [3.05, 3.63) is 40.8 Å². The smallest absolute Gasteiger partial charge is 0.123 e. The molecule has 1 atom stereocenters. The molecule has 0 radical (unpaired) electrons. The molecule has 12 heavy (non-hydrogen) atoms. The number of rotatable bonds is 4. The van der Waals surface area contributed by atoms with E-state index in [9.17, 15) is 9.70 Å². The third kappa shape index (κ3) is 1.99. The molecule has 1 aromatic carbocycles. The van der Waals surface area contributed by atoms with Crippen LogP contribution in [0.25, 0.3) is 0 Å². The van der Waals surface area contributed by atoms with E-state index in [0.29, 0.717) is 6.29 Å². The topological polar surface area (TPSA) is 46.5 Å². The Morgan fingerprint density at radius 1 is 1.33 bits per heavy atom. The lowest BCUT2D eigenvalue weighted by molar-refractivity contribution is -0.108. The molecule has 0 heterocycles. The maximum Gasteiger partial charge on any atom is 0.123 e. The summed E-state index contributed by atoms with van der Waals surface area (Å²) in [5.74, 6) is 0. The van der Waals surface area contributed by atoms with Gasteiger partial charge in [-0.3, -0.25) is 0 Å². The Bertz CT molecular complexity index is 258. The molecule has 62 valence electrons. The van der Waals surface area contributed by atoms with Gasteiger partial charge in [0.2, 0.25) is 0 Å². The number of carbonyl (C=O) groups excluding carboxylic acids is 1. The van der Waals surface area contributed by atoms with Gasteiger partial charge in [-0.2, -0.15) is 4.91 Å². The number of nitrogens with zero attached hydrogens (tertiary/aromatic N) is 1. The van der Waals surface area contributed by atoms with Crippen LogP contribution < -0.4 is 0 Å². The normalized spacial score (nSPS) is 12.0. The van der Waals surface area contributed by atoms with Gasteiger partial charge in [-0.25, -0.2) is 0 Å². The average Bonchev–Trinajstić information content (AvgIpc) is 2.15. The van der Waals surface area contributed by atoms with Gasteiger partial charge in [-0.1, -0.05) is 35.5 Å². The number of nitroso groups, excluding NO2 is 1. The summed E-state index contributed by atoms with van der Waals surface area (Å²) in [7, 11) is 0.